The summed E-state index contributed by atoms with van der Waals surface area (Å²) in [6.45, 7) is 9.75. The van der Waals surface area contributed by atoms with Crippen molar-refractivity contribution in [1.29, 1.82) is 0 Å². The first-order chi connectivity index (χ1) is 14.8. The average molecular weight is 419 g/mol. The molecule has 0 aliphatic rings. The van der Waals surface area contributed by atoms with Gasteiger partial charge >= 0.3 is 0 Å². The lowest BCUT2D eigenvalue weighted by molar-refractivity contribution is -0.114. The Morgan fingerprint density at radius 2 is 1.74 bits per heavy atom. The molecule has 0 bridgehead atoms. The molecule has 4 rings (SSSR count). The normalized spacial score (nSPS) is 11.3. The van der Waals surface area contributed by atoms with Crippen molar-refractivity contribution in [2.45, 2.75) is 40.7 Å². The number of carbonyl (C=O) groups is 1. The van der Waals surface area contributed by atoms with Crippen LogP contribution in [0.5, 0.6) is 0 Å². The van der Waals surface area contributed by atoms with Crippen molar-refractivity contribution in [2.24, 2.45) is 7.05 Å². The van der Waals surface area contributed by atoms with Gasteiger partial charge in [0.2, 0.25) is 5.91 Å². The number of carbonyl (C=O) groups excluding carboxylic acids is 1. The first kappa shape index (κ1) is 20.5. The third-order valence-corrected chi connectivity index (χ3v) is 5.19. The van der Waals surface area contributed by atoms with Crippen molar-refractivity contribution in [3.63, 3.8) is 0 Å². The predicted octanol–water partition coefficient (Wildman–Crippen LogP) is 4.13. The van der Waals surface area contributed by atoms with E-state index >= 15 is 0 Å². The summed E-state index contributed by atoms with van der Waals surface area (Å²) < 4.78 is 4.00. The topological polar surface area (TPSA) is 103 Å². The van der Waals surface area contributed by atoms with E-state index in [1.165, 1.54) is 6.92 Å². The second kappa shape index (κ2) is 7.82. The highest BCUT2D eigenvalue weighted by molar-refractivity contribution is 5.90. The number of aromatic nitrogens is 6. The van der Waals surface area contributed by atoms with Gasteiger partial charge in [0, 0.05) is 37.1 Å². The van der Waals surface area contributed by atoms with Crippen LogP contribution in [-0.4, -0.2) is 35.2 Å². The highest BCUT2D eigenvalue weighted by atomic mass is 16.1. The van der Waals surface area contributed by atoms with Crippen molar-refractivity contribution in [2.75, 3.05) is 10.6 Å². The fraction of sp³-hybridized carbons (Fsp3) is 0.318. The minimum absolute atomic E-state index is 0.106. The largest absolute Gasteiger partial charge is 0.338 e. The molecule has 0 aliphatic carbocycles. The maximum Gasteiger partial charge on any atom is 0.221 e. The molecular weight excluding hydrogens is 392 g/mol. The summed E-state index contributed by atoms with van der Waals surface area (Å²) in [4.78, 5) is 25.2. The molecule has 0 radical (unpaired) electrons. The van der Waals surface area contributed by atoms with E-state index in [2.05, 4.69) is 44.1 Å². The zero-order valence-corrected chi connectivity index (χ0v) is 18.6. The molecule has 0 saturated heterocycles. The summed E-state index contributed by atoms with van der Waals surface area (Å²) in [6.07, 6.45) is 1.55. The van der Waals surface area contributed by atoms with Crippen LogP contribution in [-0.2, 0) is 11.8 Å². The number of nitrogens with one attached hydrogen (secondary N) is 2. The van der Waals surface area contributed by atoms with Gasteiger partial charge < -0.3 is 15.2 Å². The quantitative estimate of drug-likeness (QED) is 0.505. The van der Waals surface area contributed by atoms with Crippen molar-refractivity contribution in [3.05, 3.63) is 42.0 Å². The number of nitrogens with zero attached hydrogens (tertiary/aromatic N) is 6. The van der Waals surface area contributed by atoms with Crippen LogP contribution in [0.2, 0.25) is 0 Å². The van der Waals surface area contributed by atoms with Gasteiger partial charge in [-0.25, -0.2) is 15.0 Å². The SMILES string of the molecule is CC(=O)Nc1ccc(Nc2ncnc3c2nc(-c2c(C)nn(C)c2C)n3C(C)C)cc1. The molecular formula is C22H26N8O. The van der Waals surface area contributed by atoms with Gasteiger partial charge in [-0.1, -0.05) is 0 Å². The van der Waals surface area contributed by atoms with Crippen LogP contribution < -0.4 is 10.6 Å². The molecule has 0 saturated carbocycles. The third-order valence-electron chi connectivity index (χ3n) is 5.19. The van der Waals surface area contributed by atoms with E-state index in [1.807, 2.05) is 49.8 Å². The van der Waals surface area contributed by atoms with E-state index in [1.54, 1.807) is 6.33 Å². The van der Waals surface area contributed by atoms with Crippen molar-refractivity contribution in [3.8, 4) is 11.4 Å². The predicted molar refractivity (Wildman–Crippen MR) is 121 cm³/mol. The highest BCUT2D eigenvalue weighted by Crippen LogP contribution is 2.33. The van der Waals surface area contributed by atoms with Crippen LogP contribution in [0.1, 0.15) is 38.2 Å². The van der Waals surface area contributed by atoms with Crippen LogP contribution in [0.15, 0.2) is 30.6 Å². The molecule has 9 nitrogen and oxygen atoms in total. The van der Waals surface area contributed by atoms with Crippen LogP contribution >= 0.6 is 0 Å². The monoisotopic (exact) mass is 418 g/mol. The van der Waals surface area contributed by atoms with Gasteiger partial charge in [0.1, 0.15) is 12.2 Å². The molecule has 9 heteroatoms. The first-order valence-corrected chi connectivity index (χ1v) is 10.1. The number of hydrogen-bond acceptors (Lipinski definition) is 6. The van der Waals surface area contributed by atoms with Gasteiger partial charge in [-0.15, -0.1) is 0 Å². The molecule has 0 aliphatic heterocycles. The van der Waals surface area contributed by atoms with Gasteiger partial charge in [0.05, 0.1) is 11.3 Å². The molecule has 3 heterocycles. The van der Waals surface area contributed by atoms with Crippen LogP contribution in [0.25, 0.3) is 22.6 Å². The average Bonchev–Trinajstić information content (AvgIpc) is 3.20. The second-order valence-electron chi connectivity index (χ2n) is 7.85. The van der Waals surface area contributed by atoms with Gasteiger partial charge in [-0.2, -0.15) is 5.10 Å². The highest BCUT2D eigenvalue weighted by Gasteiger charge is 2.23. The molecule has 31 heavy (non-hydrogen) atoms. The summed E-state index contributed by atoms with van der Waals surface area (Å²) >= 11 is 0. The van der Waals surface area contributed by atoms with Crippen LogP contribution in [0.3, 0.4) is 0 Å². The number of aryl methyl sites for hydroxylation is 2. The Morgan fingerprint density at radius 3 is 2.32 bits per heavy atom. The number of hydrogen-bond donors (Lipinski definition) is 2. The van der Waals surface area contributed by atoms with Crippen molar-refractivity contribution >= 4 is 34.3 Å². The van der Waals surface area contributed by atoms with Gasteiger partial charge in [0.15, 0.2) is 17.0 Å². The molecule has 1 aromatic carbocycles. The van der Waals surface area contributed by atoms with E-state index in [0.717, 1.165) is 39.8 Å². The summed E-state index contributed by atoms with van der Waals surface area (Å²) in [5.41, 5.74) is 6.02. The van der Waals surface area contributed by atoms with Crippen molar-refractivity contribution < 1.29 is 4.79 Å². The summed E-state index contributed by atoms with van der Waals surface area (Å²) in [7, 11) is 1.94. The lowest BCUT2D eigenvalue weighted by Crippen LogP contribution is -2.06. The molecule has 0 spiro atoms. The Bertz CT molecular complexity index is 1270. The molecule has 0 atom stereocenters. The van der Waals surface area contributed by atoms with Gasteiger partial charge in [0.25, 0.3) is 0 Å². The number of amides is 1. The summed E-state index contributed by atoms with van der Waals surface area (Å²) in [5, 5.41) is 10.7. The first-order valence-electron chi connectivity index (χ1n) is 10.1. The molecule has 1 amide bonds. The second-order valence-corrected chi connectivity index (χ2v) is 7.85. The van der Waals surface area contributed by atoms with Crippen molar-refractivity contribution in [1.82, 2.24) is 29.3 Å². The Balaban J connectivity index is 1.81. The third kappa shape index (κ3) is 3.74. The number of rotatable bonds is 5. The lowest BCUT2D eigenvalue weighted by atomic mass is 10.2. The smallest absolute Gasteiger partial charge is 0.221 e. The Kier molecular flexibility index (Phi) is 5.18. The van der Waals surface area contributed by atoms with E-state index in [-0.39, 0.29) is 11.9 Å². The Hall–Kier alpha value is -3.75. The molecule has 3 aromatic heterocycles. The Labute approximate surface area is 180 Å². The van der Waals surface area contributed by atoms with Crippen LogP contribution in [0, 0.1) is 13.8 Å². The van der Waals surface area contributed by atoms with Gasteiger partial charge in [-0.3, -0.25) is 9.48 Å². The fourth-order valence-electron chi connectivity index (χ4n) is 3.74. The van der Waals surface area contributed by atoms with Gasteiger partial charge in [-0.05, 0) is 52.0 Å². The Morgan fingerprint density at radius 1 is 1.06 bits per heavy atom. The maximum atomic E-state index is 11.2. The van der Waals surface area contributed by atoms with E-state index in [4.69, 9.17) is 4.98 Å². The molecule has 160 valence electrons. The fourth-order valence-corrected chi connectivity index (χ4v) is 3.74. The summed E-state index contributed by atoms with van der Waals surface area (Å²) in [6, 6.07) is 7.59. The number of imidazole rings is 1. The maximum absolute atomic E-state index is 11.2. The van der Waals surface area contributed by atoms with E-state index in [0.29, 0.717) is 11.3 Å². The number of fused-ring (bicyclic) bond motifs is 1. The molecule has 0 unspecified atom stereocenters. The molecule has 4 aromatic rings. The summed E-state index contributed by atoms with van der Waals surface area (Å²) in [5.74, 6) is 1.35. The minimum atomic E-state index is -0.106. The zero-order chi connectivity index (χ0) is 22.3. The zero-order valence-electron chi connectivity index (χ0n) is 18.6. The molecule has 0 fully saturated rings. The van der Waals surface area contributed by atoms with E-state index < -0.39 is 0 Å². The lowest BCUT2D eigenvalue weighted by Gasteiger charge is -2.12. The number of benzene rings is 1. The van der Waals surface area contributed by atoms with Crippen LogP contribution in [0.4, 0.5) is 17.2 Å². The minimum Gasteiger partial charge on any atom is -0.338 e. The molecule has 2 N–H and O–H groups in total. The number of anilines is 3. The van der Waals surface area contributed by atoms with E-state index in [9.17, 15) is 4.79 Å². The standard InChI is InChI=1S/C22H26N8O/c1-12(2)30-21(18-13(3)28-29(6)14(18)4)27-19-20(23-11-24-22(19)30)26-17-9-7-16(8-10-17)25-15(5)31/h7-12H,1-6H3,(H,25,31)(H,23,24,26).